The third-order valence-corrected chi connectivity index (χ3v) is 4.79. The highest BCUT2D eigenvalue weighted by molar-refractivity contribution is 7.15. The Hall–Kier alpha value is -2.54. The molecule has 3 aromatic rings. The summed E-state index contributed by atoms with van der Waals surface area (Å²) in [4.78, 5) is 17.4. The number of anilines is 1. The van der Waals surface area contributed by atoms with Crippen LogP contribution in [-0.2, 0) is 6.54 Å². The van der Waals surface area contributed by atoms with Crippen molar-refractivity contribution in [2.24, 2.45) is 0 Å². The van der Waals surface area contributed by atoms with E-state index in [0.29, 0.717) is 25.5 Å². The largest absolute Gasteiger partial charge is 0.490 e. The third-order valence-electron chi connectivity index (χ3n) is 3.85. The monoisotopic (exact) mass is 343 g/mol. The molecule has 1 aliphatic rings. The first-order chi connectivity index (χ1) is 11.7. The van der Waals surface area contributed by atoms with E-state index in [4.69, 9.17) is 9.47 Å². The molecule has 0 bridgehead atoms. The normalized spacial score (nSPS) is 13.7. The molecule has 0 atom stereocenters. The summed E-state index contributed by atoms with van der Waals surface area (Å²) in [5, 5.41) is 5.22. The van der Waals surface area contributed by atoms with E-state index in [9.17, 15) is 4.79 Å². The number of aryl methyl sites for hydroxylation is 1. The van der Waals surface area contributed by atoms with E-state index < -0.39 is 0 Å². The number of aromatic nitrogens is 2. The number of benzene rings is 1. The SMILES string of the molecule is Cc1csc2nc(CNc3ccc4c(c3)OCCCO4)cc(=O)n12. The number of hydrogen-bond acceptors (Lipinski definition) is 6. The molecule has 124 valence electrons. The summed E-state index contributed by atoms with van der Waals surface area (Å²) in [6, 6.07) is 7.33. The quantitative estimate of drug-likeness (QED) is 0.792. The molecule has 0 saturated heterocycles. The van der Waals surface area contributed by atoms with Gasteiger partial charge in [0.05, 0.1) is 25.5 Å². The molecule has 2 aromatic heterocycles. The molecule has 1 N–H and O–H groups in total. The molecule has 4 rings (SSSR count). The van der Waals surface area contributed by atoms with E-state index in [1.54, 1.807) is 10.5 Å². The highest BCUT2D eigenvalue weighted by atomic mass is 32.1. The van der Waals surface area contributed by atoms with Crippen LogP contribution in [0.3, 0.4) is 0 Å². The smallest absolute Gasteiger partial charge is 0.259 e. The second-order valence-electron chi connectivity index (χ2n) is 5.65. The summed E-state index contributed by atoms with van der Waals surface area (Å²) in [5.74, 6) is 1.51. The van der Waals surface area contributed by atoms with Gasteiger partial charge in [-0.25, -0.2) is 4.98 Å². The highest BCUT2D eigenvalue weighted by Gasteiger charge is 2.11. The molecule has 0 aliphatic carbocycles. The molecule has 0 amide bonds. The van der Waals surface area contributed by atoms with Gasteiger partial charge in [0.15, 0.2) is 16.5 Å². The van der Waals surface area contributed by atoms with Crippen LogP contribution in [0.4, 0.5) is 5.69 Å². The molecule has 3 heterocycles. The molecule has 0 saturated carbocycles. The van der Waals surface area contributed by atoms with Gasteiger partial charge in [-0.2, -0.15) is 0 Å². The Morgan fingerprint density at radius 1 is 1.25 bits per heavy atom. The average Bonchev–Trinajstić information content (AvgIpc) is 2.81. The lowest BCUT2D eigenvalue weighted by Crippen LogP contribution is -2.16. The summed E-state index contributed by atoms with van der Waals surface area (Å²) < 4.78 is 12.9. The lowest BCUT2D eigenvalue weighted by atomic mass is 10.2. The fraction of sp³-hybridized carbons (Fsp3) is 0.294. The van der Waals surface area contributed by atoms with E-state index >= 15 is 0 Å². The zero-order valence-corrected chi connectivity index (χ0v) is 14.1. The van der Waals surface area contributed by atoms with Crippen LogP contribution in [-0.4, -0.2) is 22.6 Å². The fourth-order valence-electron chi connectivity index (χ4n) is 2.66. The van der Waals surface area contributed by atoms with Gasteiger partial charge in [0.2, 0.25) is 0 Å². The van der Waals surface area contributed by atoms with Crippen molar-refractivity contribution < 1.29 is 9.47 Å². The molecule has 0 radical (unpaired) electrons. The summed E-state index contributed by atoms with van der Waals surface area (Å²) in [7, 11) is 0. The second-order valence-corrected chi connectivity index (χ2v) is 6.48. The molecule has 1 aliphatic heterocycles. The van der Waals surface area contributed by atoms with Gasteiger partial charge in [0, 0.05) is 35.3 Å². The first kappa shape index (κ1) is 15.0. The van der Waals surface area contributed by atoms with Gasteiger partial charge in [-0.05, 0) is 19.1 Å². The first-order valence-corrected chi connectivity index (χ1v) is 8.69. The van der Waals surface area contributed by atoms with Crippen LogP contribution in [0.15, 0.2) is 34.4 Å². The number of hydrogen-bond donors (Lipinski definition) is 1. The second kappa shape index (κ2) is 6.16. The van der Waals surface area contributed by atoms with Gasteiger partial charge in [0.25, 0.3) is 5.56 Å². The Balaban J connectivity index is 1.55. The van der Waals surface area contributed by atoms with E-state index in [1.807, 2.05) is 30.5 Å². The minimum atomic E-state index is -0.0470. The van der Waals surface area contributed by atoms with Crippen molar-refractivity contribution >= 4 is 22.0 Å². The average molecular weight is 343 g/mol. The molecule has 0 spiro atoms. The van der Waals surface area contributed by atoms with Crippen LogP contribution in [0.1, 0.15) is 17.8 Å². The Labute approximate surface area is 142 Å². The number of nitrogens with zero attached hydrogens (tertiary/aromatic N) is 2. The van der Waals surface area contributed by atoms with Crippen molar-refractivity contribution in [1.82, 2.24) is 9.38 Å². The summed E-state index contributed by atoms with van der Waals surface area (Å²) in [6.45, 7) is 3.71. The van der Waals surface area contributed by atoms with Gasteiger partial charge in [0.1, 0.15) is 0 Å². The highest BCUT2D eigenvalue weighted by Crippen LogP contribution is 2.32. The van der Waals surface area contributed by atoms with Crippen molar-refractivity contribution in [1.29, 1.82) is 0 Å². The maximum absolute atomic E-state index is 12.2. The lowest BCUT2D eigenvalue weighted by Gasteiger charge is -2.11. The Bertz CT molecular complexity index is 948. The minimum absolute atomic E-state index is 0.0470. The molecule has 1 aromatic carbocycles. The molecule has 7 heteroatoms. The van der Waals surface area contributed by atoms with Crippen molar-refractivity contribution in [3.8, 4) is 11.5 Å². The standard InChI is InChI=1S/C17H17N3O3S/c1-11-10-24-17-19-13(8-16(21)20(11)17)9-18-12-3-4-14-15(7-12)23-6-2-5-22-14/h3-4,7-8,10,18H,2,5-6,9H2,1H3. The molecule has 24 heavy (non-hydrogen) atoms. The maximum atomic E-state index is 12.2. The fourth-order valence-corrected chi connectivity index (χ4v) is 3.55. The predicted octanol–water partition coefficient (Wildman–Crippen LogP) is 2.84. The number of nitrogens with one attached hydrogen (secondary N) is 1. The maximum Gasteiger partial charge on any atom is 0.259 e. The molecule has 0 unspecified atom stereocenters. The van der Waals surface area contributed by atoms with Crippen molar-refractivity contribution in [2.75, 3.05) is 18.5 Å². The van der Waals surface area contributed by atoms with Crippen LogP contribution < -0.4 is 20.3 Å². The van der Waals surface area contributed by atoms with Crippen molar-refractivity contribution in [3.63, 3.8) is 0 Å². The predicted molar refractivity (Wildman–Crippen MR) is 93.5 cm³/mol. The van der Waals surface area contributed by atoms with E-state index in [2.05, 4.69) is 10.3 Å². The van der Waals surface area contributed by atoms with E-state index in [-0.39, 0.29) is 5.56 Å². The van der Waals surface area contributed by atoms with Crippen LogP contribution >= 0.6 is 11.3 Å². The van der Waals surface area contributed by atoms with Gasteiger partial charge < -0.3 is 14.8 Å². The zero-order valence-electron chi connectivity index (χ0n) is 13.2. The molecular formula is C17H17N3O3S. The van der Waals surface area contributed by atoms with Gasteiger partial charge >= 0.3 is 0 Å². The topological polar surface area (TPSA) is 64.9 Å². The zero-order chi connectivity index (χ0) is 16.5. The number of ether oxygens (including phenoxy) is 2. The van der Waals surface area contributed by atoms with Crippen molar-refractivity contribution in [3.05, 3.63) is 51.4 Å². The van der Waals surface area contributed by atoms with E-state index in [0.717, 1.165) is 34.3 Å². The van der Waals surface area contributed by atoms with Gasteiger partial charge in [-0.3, -0.25) is 9.20 Å². The lowest BCUT2D eigenvalue weighted by molar-refractivity contribution is 0.297. The minimum Gasteiger partial charge on any atom is -0.490 e. The van der Waals surface area contributed by atoms with Crippen LogP contribution in [0.25, 0.3) is 4.96 Å². The molecule has 6 nitrogen and oxygen atoms in total. The summed E-state index contributed by atoms with van der Waals surface area (Å²) >= 11 is 1.47. The Kier molecular flexibility index (Phi) is 3.86. The molecule has 0 fully saturated rings. The van der Waals surface area contributed by atoms with Crippen LogP contribution in [0, 0.1) is 6.92 Å². The van der Waals surface area contributed by atoms with E-state index in [1.165, 1.54) is 11.3 Å². The van der Waals surface area contributed by atoms with Crippen LogP contribution in [0.2, 0.25) is 0 Å². The summed E-state index contributed by atoms with van der Waals surface area (Å²) in [6.07, 6.45) is 0.881. The summed E-state index contributed by atoms with van der Waals surface area (Å²) in [5.41, 5.74) is 2.49. The van der Waals surface area contributed by atoms with Crippen LogP contribution in [0.5, 0.6) is 11.5 Å². The first-order valence-electron chi connectivity index (χ1n) is 7.81. The molecular weight excluding hydrogens is 326 g/mol. The van der Waals surface area contributed by atoms with Crippen molar-refractivity contribution in [2.45, 2.75) is 19.9 Å². The third kappa shape index (κ3) is 2.82. The Morgan fingerprint density at radius 3 is 2.96 bits per heavy atom. The van der Waals surface area contributed by atoms with Gasteiger partial charge in [-0.1, -0.05) is 0 Å². The number of rotatable bonds is 3. The number of thiazole rings is 1. The van der Waals surface area contributed by atoms with Gasteiger partial charge in [-0.15, -0.1) is 11.3 Å². The number of fused-ring (bicyclic) bond motifs is 2. The Morgan fingerprint density at radius 2 is 2.08 bits per heavy atom.